The van der Waals surface area contributed by atoms with Crippen molar-refractivity contribution in [2.24, 2.45) is 0 Å². The molecule has 1 amide bonds. The molecule has 9 heteroatoms. The van der Waals surface area contributed by atoms with E-state index in [9.17, 15) is 32.3 Å². The summed E-state index contributed by atoms with van der Waals surface area (Å²) in [5.41, 5.74) is 1.39. The van der Waals surface area contributed by atoms with Gasteiger partial charge in [0.1, 0.15) is 11.5 Å². The average Bonchev–Trinajstić information content (AvgIpc) is 3.16. The molecule has 0 aliphatic heterocycles. The number of rotatable bonds is 5. The SMILES string of the molecule is Cc1c(C(=O)O)[nH]c2c(F)ccc(-c3ccc(C(=O)NCc4cccc(C(F)(F)F)c4)cc3)c12. The lowest BCUT2D eigenvalue weighted by Crippen LogP contribution is -2.23. The van der Waals surface area contributed by atoms with Gasteiger partial charge in [0.15, 0.2) is 0 Å². The summed E-state index contributed by atoms with van der Waals surface area (Å²) >= 11 is 0. The number of carboxylic acids is 1. The van der Waals surface area contributed by atoms with Crippen LogP contribution in [0.5, 0.6) is 0 Å². The number of carbonyl (C=O) groups is 2. The molecule has 0 aliphatic carbocycles. The second kappa shape index (κ2) is 8.66. The van der Waals surface area contributed by atoms with Crippen molar-refractivity contribution in [2.75, 3.05) is 0 Å². The van der Waals surface area contributed by atoms with Gasteiger partial charge in [-0.25, -0.2) is 9.18 Å². The molecule has 0 fully saturated rings. The zero-order chi connectivity index (χ0) is 24.6. The number of benzene rings is 3. The first-order valence-corrected chi connectivity index (χ1v) is 10.1. The molecule has 0 aliphatic rings. The van der Waals surface area contributed by atoms with Gasteiger partial charge in [0.05, 0.1) is 11.1 Å². The number of aromatic nitrogens is 1. The predicted octanol–water partition coefficient (Wildman–Crippen LogP) is 5.93. The Bertz CT molecular complexity index is 1410. The number of halogens is 4. The summed E-state index contributed by atoms with van der Waals surface area (Å²) in [6.45, 7) is 1.50. The Kier molecular flexibility index (Phi) is 5.87. The Morgan fingerprint density at radius 2 is 1.74 bits per heavy atom. The molecule has 0 atom stereocenters. The highest BCUT2D eigenvalue weighted by Crippen LogP contribution is 2.34. The second-order valence-electron chi connectivity index (χ2n) is 7.73. The van der Waals surface area contributed by atoms with E-state index in [1.807, 2.05) is 0 Å². The van der Waals surface area contributed by atoms with Crippen molar-refractivity contribution >= 4 is 22.8 Å². The van der Waals surface area contributed by atoms with Crippen molar-refractivity contribution in [2.45, 2.75) is 19.6 Å². The van der Waals surface area contributed by atoms with Crippen LogP contribution in [-0.4, -0.2) is 22.0 Å². The Balaban J connectivity index is 1.56. The fourth-order valence-corrected chi connectivity index (χ4v) is 3.83. The van der Waals surface area contributed by atoms with Gasteiger partial charge in [-0.3, -0.25) is 4.79 Å². The average molecular weight is 470 g/mol. The number of carbonyl (C=O) groups excluding carboxylic acids is 1. The van der Waals surface area contributed by atoms with Gasteiger partial charge in [0.2, 0.25) is 0 Å². The van der Waals surface area contributed by atoms with Crippen LogP contribution in [-0.2, 0) is 12.7 Å². The number of carboxylic acid groups (broad SMARTS) is 1. The minimum atomic E-state index is -4.47. The molecule has 4 aromatic rings. The van der Waals surface area contributed by atoms with Gasteiger partial charge in [0, 0.05) is 17.5 Å². The number of H-pyrrole nitrogens is 1. The summed E-state index contributed by atoms with van der Waals surface area (Å²) in [7, 11) is 0. The van der Waals surface area contributed by atoms with Crippen LogP contribution >= 0.6 is 0 Å². The first-order chi connectivity index (χ1) is 16.1. The lowest BCUT2D eigenvalue weighted by atomic mass is 9.97. The maximum atomic E-state index is 14.3. The van der Waals surface area contributed by atoms with Gasteiger partial charge in [-0.1, -0.05) is 30.3 Å². The molecule has 0 saturated heterocycles. The smallest absolute Gasteiger partial charge is 0.416 e. The Hall–Kier alpha value is -4.14. The molecule has 4 rings (SSSR count). The van der Waals surface area contributed by atoms with Gasteiger partial charge in [0.25, 0.3) is 5.91 Å². The molecule has 0 radical (unpaired) electrons. The van der Waals surface area contributed by atoms with E-state index >= 15 is 0 Å². The van der Waals surface area contributed by atoms with Crippen LogP contribution in [0.25, 0.3) is 22.0 Å². The van der Waals surface area contributed by atoms with Crippen molar-refractivity contribution in [1.82, 2.24) is 10.3 Å². The number of amides is 1. The highest BCUT2D eigenvalue weighted by molar-refractivity contribution is 6.04. The van der Waals surface area contributed by atoms with E-state index < -0.39 is 29.4 Å². The zero-order valence-electron chi connectivity index (χ0n) is 17.8. The number of nitrogens with one attached hydrogen (secondary N) is 2. The molecular weight excluding hydrogens is 452 g/mol. The summed E-state index contributed by atoms with van der Waals surface area (Å²) in [4.78, 5) is 26.5. The summed E-state index contributed by atoms with van der Waals surface area (Å²) in [6, 6.07) is 13.8. The maximum Gasteiger partial charge on any atom is 0.416 e. The van der Waals surface area contributed by atoms with E-state index in [0.29, 0.717) is 27.6 Å². The van der Waals surface area contributed by atoms with Crippen LogP contribution in [0.1, 0.15) is 37.5 Å². The largest absolute Gasteiger partial charge is 0.477 e. The minimum Gasteiger partial charge on any atom is -0.477 e. The maximum absolute atomic E-state index is 14.3. The van der Waals surface area contributed by atoms with Crippen LogP contribution < -0.4 is 5.32 Å². The van der Waals surface area contributed by atoms with Crippen LogP contribution in [0, 0.1) is 12.7 Å². The molecule has 0 unspecified atom stereocenters. The van der Waals surface area contributed by atoms with E-state index in [0.717, 1.165) is 12.1 Å². The molecule has 1 heterocycles. The summed E-state index contributed by atoms with van der Waals surface area (Å²) < 4.78 is 52.9. The minimum absolute atomic E-state index is 0.0790. The molecule has 1 aromatic heterocycles. The first kappa shape index (κ1) is 23.0. The van der Waals surface area contributed by atoms with Crippen LogP contribution in [0.15, 0.2) is 60.7 Å². The fraction of sp³-hybridized carbons (Fsp3) is 0.120. The van der Waals surface area contributed by atoms with E-state index in [2.05, 4.69) is 10.3 Å². The summed E-state index contributed by atoms with van der Waals surface area (Å²) in [5, 5.41) is 12.4. The molecule has 0 saturated carbocycles. The normalized spacial score (nSPS) is 11.6. The lowest BCUT2D eigenvalue weighted by molar-refractivity contribution is -0.137. The third kappa shape index (κ3) is 4.36. The monoisotopic (exact) mass is 470 g/mol. The zero-order valence-corrected chi connectivity index (χ0v) is 17.8. The highest BCUT2D eigenvalue weighted by atomic mass is 19.4. The number of aromatic carboxylic acids is 1. The second-order valence-corrected chi connectivity index (χ2v) is 7.73. The van der Waals surface area contributed by atoms with Gasteiger partial charge in [-0.2, -0.15) is 13.2 Å². The van der Waals surface area contributed by atoms with E-state index in [-0.39, 0.29) is 23.3 Å². The number of fused-ring (bicyclic) bond motifs is 1. The van der Waals surface area contributed by atoms with E-state index in [1.165, 1.54) is 36.4 Å². The molecule has 174 valence electrons. The van der Waals surface area contributed by atoms with Crippen molar-refractivity contribution < 1.29 is 32.3 Å². The number of aryl methyl sites for hydroxylation is 1. The molecular formula is C25H18F4N2O3. The molecule has 3 N–H and O–H groups in total. The van der Waals surface area contributed by atoms with Gasteiger partial charge >= 0.3 is 12.1 Å². The van der Waals surface area contributed by atoms with Crippen molar-refractivity contribution in [1.29, 1.82) is 0 Å². The Morgan fingerprint density at radius 3 is 2.38 bits per heavy atom. The third-order valence-corrected chi connectivity index (χ3v) is 5.53. The lowest BCUT2D eigenvalue weighted by Gasteiger charge is -2.10. The Labute approximate surface area is 191 Å². The number of aromatic amines is 1. The number of hydrogen-bond donors (Lipinski definition) is 3. The topological polar surface area (TPSA) is 82.2 Å². The van der Waals surface area contributed by atoms with Crippen molar-refractivity contribution in [3.05, 3.63) is 94.4 Å². The quantitative estimate of drug-likeness (QED) is 0.316. The third-order valence-electron chi connectivity index (χ3n) is 5.53. The van der Waals surface area contributed by atoms with Gasteiger partial charge in [-0.15, -0.1) is 0 Å². The number of hydrogen-bond acceptors (Lipinski definition) is 2. The van der Waals surface area contributed by atoms with Crippen LogP contribution in [0.4, 0.5) is 17.6 Å². The van der Waals surface area contributed by atoms with E-state index in [1.54, 1.807) is 19.1 Å². The standard InChI is InChI=1S/C25H18F4N2O3/c1-13-20-18(9-10-19(26)22(20)31-21(13)24(33)34)15-5-7-16(8-6-15)23(32)30-12-14-3-2-4-17(11-14)25(27,28)29/h2-11,31H,12H2,1H3,(H,30,32)(H,33,34). The van der Waals surface area contributed by atoms with Gasteiger partial charge in [-0.05, 0) is 59.5 Å². The Morgan fingerprint density at radius 1 is 1.03 bits per heavy atom. The fourth-order valence-electron chi connectivity index (χ4n) is 3.83. The molecule has 0 spiro atoms. The summed E-state index contributed by atoms with van der Waals surface area (Å²) in [6.07, 6.45) is -4.47. The van der Waals surface area contributed by atoms with Crippen molar-refractivity contribution in [3.63, 3.8) is 0 Å². The molecule has 5 nitrogen and oxygen atoms in total. The van der Waals surface area contributed by atoms with Crippen LogP contribution in [0.3, 0.4) is 0 Å². The first-order valence-electron chi connectivity index (χ1n) is 10.1. The molecule has 0 bridgehead atoms. The number of alkyl halides is 3. The molecule has 34 heavy (non-hydrogen) atoms. The summed E-state index contributed by atoms with van der Waals surface area (Å²) in [5.74, 6) is -2.26. The van der Waals surface area contributed by atoms with Gasteiger partial charge < -0.3 is 15.4 Å². The molecule has 3 aromatic carbocycles. The predicted molar refractivity (Wildman–Crippen MR) is 118 cm³/mol. The van der Waals surface area contributed by atoms with Crippen LogP contribution in [0.2, 0.25) is 0 Å². The van der Waals surface area contributed by atoms with Crippen molar-refractivity contribution in [3.8, 4) is 11.1 Å². The highest BCUT2D eigenvalue weighted by Gasteiger charge is 2.30. The van der Waals surface area contributed by atoms with E-state index in [4.69, 9.17) is 0 Å².